The molecule has 1 aromatic heterocycles. The third kappa shape index (κ3) is 4.47. The van der Waals surface area contributed by atoms with Gasteiger partial charge >= 0.3 is 0 Å². The number of nitrogens with zero attached hydrogens (tertiary/aromatic N) is 3. The maximum atomic E-state index is 12.4. The lowest BCUT2D eigenvalue weighted by Crippen LogP contribution is -2.42. The number of carbonyl (C=O) groups is 2. The zero-order chi connectivity index (χ0) is 15.1. The Kier molecular flexibility index (Phi) is 6.41. The Morgan fingerprint density at radius 2 is 2.10 bits per heavy atom. The molecule has 0 aliphatic carbocycles. The number of ether oxygens (including phenoxy) is 1. The molecule has 6 nitrogen and oxygen atoms in total. The Morgan fingerprint density at radius 3 is 2.65 bits per heavy atom. The van der Waals surface area contributed by atoms with Gasteiger partial charge < -0.3 is 14.5 Å². The lowest BCUT2D eigenvalue weighted by atomic mass is 10.2. The normalized spacial score (nSPS) is 10.2. The maximum Gasteiger partial charge on any atom is 0.256 e. The lowest BCUT2D eigenvalue weighted by molar-refractivity contribution is -0.129. The Labute approximate surface area is 123 Å². The molecule has 0 N–H and O–H groups in total. The van der Waals surface area contributed by atoms with Gasteiger partial charge in [-0.25, -0.2) is 0 Å². The van der Waals surface area contributed by atoms with Gasteiger partial charge in [0, 0.05) is 40.1 Å². The predicted molar refractivity (Wildman–Crippen MR) is 75.7 cm³/mol. The van der Waals surface area contributed by atoms with Gasteiger partial charge in [0.05, 0.1) is 17.2 Å². The van der Waals surface area contributed by atoms with Gasteiger partial charge in [-0.15, -0.1) is 0 Å². The molecule has 20 heavy (non-hydrogen) atoms. The summed E-state index contributed by atoms with van der Waals surface area (Å²) in [5.41, 5.74) is 0.323. The van der Waals surface area contributed by atoms with Gasteiger partial charge in [-0.3, -0.25) is 14.6 Å². The van der Waals surface area contributed by atoms with Crippen LogP contribution in [0.1, 0.15) is 10.4 Å². The number of likely N-dealkylation sites (N-methyl/N-ethyl adjacent to an activating group) is 1. The van der Waals surface area contributed by atoms with Gasteiger partial charge in [-0.2, -0.15) is 0 Å². The van der Waals surface area contributed by atoms with Crippen molar-refractivity contribution in [1.29, 1.82) is 0 Å². The molecule has 0 aliphatic heterocycles. The first kappa shape index (κ1) is 16.4. The highest BCUT2D eigenvalue weighted by molar-refractivity contribution is 6.33. The first-order chi connectivity index (χ1) is 9.47. The standard InChI is InChI=1S/C13H18ClN3O3/c1-16(2)12(18)9-17(6-7-20-3)13(19)10-4-5-15-8-11(10)14/h4-5,8H,6-7,9H2,1-3H3. The molecule has 1 rings (SSSR count). The van der Waals surface area contributed by atoms with Gasteiger partial charge in [-0.05, 0) is 6.07 Å². The van der Waals surface area contributed by atoms with E-state index in [2.05, 4.69) is 4.98 Å². The van der Waals surface area contributed by atoms with Crippen LogP contribution in [0.4, 0.5) is 0 Å². The van der Waals surface area contributed by atoms with E-state index in [0.717, 1.165) is 0 Å². The Hall–Kier alpha value is -1.66. The van der Waals surface area contributed by atoms with Crippen molar-refractivity contribution >= 4 is 23.4 Å². The fraction of sp³-hybridized carbons (Fsp3) is 0.462. The summed E-state index contributed by atoms with van der Waals surface area (Å²) in [6.45, 7) is 0.635. The molecule has 7 heteroatoms. The molecular weight excluding hydrogens is 282 g/mol. The van der Waals surface area contributed by atoms with Crippen molar-refractivity contribution in [2.75, 3.05) is 40.9 Å². The highest BCUT2D eigenvalue weighted by atomic mass is 35.5. The number of pyridine rings is 1. The summed E-state index contributed by atoms with van der Waals surface area (Å²) < 4.78 is 4.97. The summed E-state index contributed by atoms with van der Waals surface area (Å²) in [7, 11) is 4.82. The SMILES string of the molecule is COCCN(CC(=O)N(C)C)C(=O)c1ccncc1Cl. The lowest BCUT2D eigenvalue weighted by Gasteiger charge is -2.23. The van der Waals surface area contributed by atoms with Crippen molar-refractivity contribution in [2.24, 2.45) is 0 Å². The number of aromatic nitrogens is 1. The average molecular weight is 300 g/mol. The molecule has 0 aromatic carbocycles. The number of amides is 2. The van der Waals surface area contributed by atoms with Crippen LogP contribution in [0.5, 0.6) is 0 Å². The van der Waals surface area contributed by atoms with Crippen LogP contribution in [-0.2, 0) is 9.53 Å². The zero-order valence-corrected chi connectivity index (χ0v) is 12.6. The molecule has 1 heterocycles. The van der Waals surface area contributed by atoms with Crippen LogP contribution in [-0.4, -0.2) is 67.5 Å². The predicted octanol–water partition coefficient (Wildman–Crippen LogP) is 0.912. The third-order valence-corrected chi connectivity index (χ3v) is 2.98. The summed E-state index contributed by atoms with van der Waals surface area (Å²) in [4.78, 5) is 30.9. The Balaban J connectivity index is 2.89. The van der Waals surface area contributed by atoms with Gasteiger partial charge in [0.1, 0.15) is 6.54 Å². The van der Waals surface area contributed by atoms with E-state index in [1.165, 1.54) is 35.4 Å². The molecule has 110 valence electrons. The molecule has 0 bridgehead atoms. The van der Waals surface area contributed by atoms with E-state index in [0.29, 0.717) is 18.7 Å². The molecule has 0 radical (unpaired) electrons. The van der Waals surface area contributed by atoms with E-state index in [9.17, 15) is 9.59 Å². The second-order valence-corrected chi connectivity index (χ2v) is 4.77. The van der Waals surface area contributed by atoms with Crippen LogP contribution in [0.3, 0.4) is 0 Å². The summed E-state index contributed by atoms with van der Waals surface area (Å²) >= 11 is 5.96. The van der Waals surface area contributed by atoms with Gasteiger partial charge in [0.25, 0.3) is 5.91 Å². The zero-order valence-electron chi connectivity index (χ0n) is 11.8. The minimum atomic E-state index is -0.315. The number of hydrogen-bond acceptors (Lipinski definition) is 4. The summed E-state index contributed by atoms with van der Waals surface area (Å²) in [5.74, 6) is -0.482. The van der Waals surface area contributed by atoms with E-state index < -0.39 is 0 Å². The first-order valence-electron chi connectivity index (χ1n) is 6.05. The summed E-state index contributed by atoms with van der Waals surface area (Å²) in [6.07, 6.45) is 2.89. The summed E-state index contributed by atoms with van der Waals surface area (Å²) in [6, 6.07) is 1.53. The average Bonchev–Trinajstić information content (AvgIpc) is 2.42. The second kappa shape index (κ2) is 7.81. The first-order valence-corrected chi connectivity index (χ1v) is 6.43. The van der Waals surface area contributed by atoms with Crippen LogP contribution in [0, 0.1) is 0 Å². The van der Waals surface area contributed by atoms with Gasteiger partial charge in [0.15, 0.2) is 0 Å². The Morgan fingerprint density at radius 1 is 1.40 bits per heavy atom. The molecule has 0 atom stereocenters. The van der Waals surface area contributed by atoms with Crippen LogP contribution >= 0.6 is 11.6 Å². The van der Waals surface area contributed by atoms with Crippen LogP contribution in [0.15, 0.2) is 18.5 Å². The van der Waals surface area contributed by atoms with Crippen LogP contribution < -0.4 is 0 Å². The van der Waals surface area contributed by atoms with E-state index in [4.69, 9.17) is 16.3 Å². The van der Waals surface area contributed by atoms with E-state index >= 15 is 0 Å². The fourth-order valence-electron chi connectivity index (χ4n) is 1.48. The maximum absolute atomic E-state index is 12.4. The van der Waals surface area contributed by atoms with Gasteiger partial charge in [-0.1, -0.05) is 11.6 Å². The van der Waals surface area contributed by atoms with Crippen molar-refractivity contribution in [3.8, 4) is 0 Å². The largest absolute Gasteiger partial charge is 0.383 e. The highest BCUT2D eigenvalue weighted by Gasteiger charge is 2.21. The molecule has 0 aliphatic rings. The topological polar surface area (TPSA) is 62.7 Å². The summed E-state index contributed by atoms with van der Waals surface area (Å²) in [5, 5.41) is 0.261. The number of hydrogen-bond donors (Lipinski definition) is 0. The molecule has 0 saturated heterocycles. The van der Waals surface area contributed by atoms with Crippen LogP contribution in [0.25, 0.3) is 0 Å². The molecule has 0 fully saturated rings. The number of methoxy groups -OCH3 is 1. The van der Waals surface area contributed by atoms with Gasteiger partial charge in [0.2, 0.25) is 5.91 Å². The number of halogens is 1. The van der Waals surface area contributed by atoms with Crippen molar-refractivity contribution < 1.29 is 14.3 Å². The highest BCUT2D eigenvalue weighted by Crippen LogP contribution is 2.15. The van der Waals surface area contributed by atoms with Crippen molar-refractivity contribution in [3.63, 3.8) is 0 Å². The third-order valence-electron chi connectivity index (χ3n) is 2.68. The number of rotatable bonds is 6. The van der Waals surface area contributed by atoms with E-state index in [1.54, 1.807) is 14.1 Å². The molecule has 1 aromatic rings. The minimum Gasteiger partial charge on any atom is -0.383 e. The van der Waals surface area contributed by atoms with Crippen molar-refractivity contribution in [3.05, 3.63) is 29.0 Å². The molecule has 0 saturated carbocycles. The van der Waals surface area contributed by atoms with E-state index in [-0.39, 0.29) is 23.4 Å². The van der Waals surface area contributed by atoms with Crippen LogP contribution in [0.2, 0.25) is 5.02 Å². The fourth-order valence-corrected chi connectivity index (χ4v) is 1.68. The molecule has 0 spiro atoms. The number of carbonyl (C=O) groups excluding carboxylic acids is 2. The van der Waals surface area contributed by atoms with Crippen molar-refractivity contribution in [2.45, 2.75) is 0 Å². The molecule has 2 amide bonds. The van der Waals surface area contributed by atoms with Crippen molar-refractivity contribution in [1.82, 2.24) is 14.8 Å². The quantitative estimate of drug-likeness (QED) is 0.783. The molecular formula is C13H18ClN3O3. The molecule has 0 unspecified atom stereocenters. The Bertz CT molecular complexity index is 480. The van der Waals surface area contributed by atoms with E-state index in [1.807, 2.05) is 0 Å². The monoisotopic (exact) mass is 299 g/mol. The smallest absolute Gasteiger partial charge is 0.256 e. The minimum absolute atomic E-state index is 0.0200. The second-order valence-electron chi connectivity index (χ2n) is 4.36.